The SMILES string of the molecule is Cc1nc(NC2CCCC2)cc(C(=O)NC2CCS(=O)(=O)C2)n1. The molecular formula is C15H22N4O3S. The molecule has 1 aliphatic carbocycles. The second kappa shape index (κ2) is 6.43. The number of nitrogens with one attached hydrogen (secondary N) is 2. The molecule has 1 saturated carbocycles. The van der Waals surface area contributed by atoms with Crippen LogP contribution >= 0.6 is 0 Å². The Morgan fingerprint density at radius 3 is 2.57 bits per heavy atom. The predicted octanol–water partition coefficient (Wildman–Crippen LogP) is 1.06. The number of aryl methyl sites for hydroxylation is 1. The van der Waals surface area contributed by atoms with Crippen molar-refractivity contribution in [2.24, 2.45) is 0 Å². The Morgan fingerprint density at radius 1 is 1.17 bits per heavy atom. The first-order valence-corrected chi connectivity index (χ1v) is 9.87. The summed E-state index contributed by atoms with van der Waals surface area (Å²) in [5.74, 6) is 0.989. The van der Waals surface area contributed by atoms with Crippen molar-refractivity contribution < 1.29 is 13.2 Å². The number of amides is 1. The van der Waals surface area contributed by atoms with Crippen LogP contribution in [-0.2, 0) is 9.84 Å². The summed E-state index contributed by atoms with van der Waals surface area (Å²) in [6, 6.07) is 1.72. The molecule has 2 fully saturated rings. The lowest BCUT2D eigenvalue weighted by Gasteiger charge is -2.15. The highest BCUT2D eigenvalue weighted by Crippen LogP contribution is 2.21. The highest BCUT2D eigenvalue weighted by Gasteiger charge is 2.29. The van der Waals surface area contributed by atoms with E-state index in [4.69, 9.17) is 0 Å². The van der Waals surface area contributed by atoms with Gasteiger partial charge in [-0.3, -0.25) is 4.79 Å². The Bertz CT molecular complexity index is 699. The van der Waals surface area contributed by atoms with E-state index in [-0.39, 0.29) is 29.1 Å². The molecule has 126 valence electrons. The molecule has 0 radical (unpaired) electrons. The molecule has 2 N–H and O–H groups in total. The second-order valence-electron chi connectivity index (χ2n) is 6.38. The van der Waals surface area contributed by atoms with Gasteiger partial charge in [0.2, 0.25) is 0 Å². The standard InChI is InChI=1S/C15H22N4O3S/c1-10-16-13(8-14(17-10)18-11-4-2-3-5-11)15(20)19-12-6-7-23(21,22)9-12/h8,11-12H,2-7,9H2,1H3,(H,19,20)(H,16,17,18). The molecule has 2 aliphatic rings. The van der Waals surface area contributed by atoms with Crippen LogP contribution in [0.15, 0.2) is 6.07 Å². The van der Waals surface area contributed by atoms with E-state index in [2.05, 4.69) is 20.6 Å². The van der Waals surface area contributed by atoms with E-state index in [1.165, 1.54) is 12.8 Å². The molecule has 0 bridgehead atoms. The third kappa shape index (κ3) is 4.19. The number of rotatable bonds is 4. The average molecular weight is 338 g/mol. The van der Waals surface area contributed by atoms with E-state index in [9.17, 15) is 13.2 Å². The lowest BCUT2D eigenvalue weighted by atomic mass is 10.2. The van der Waals surface area contributed by atoms with E-state index in [1.54, 1.807) is 13.0 Å². The molecule has 23 heavy (non-hydrogen) atoms. The Labute approximate surface area is 136 Å². The van der Waals surface area contributed by atoms with Gasteiger partial charge in [-0.2, -0.15) is 0 Å². The molecule has 1 aliphatic heterocycles. The number of hydrogen-bond acceptors (Lipinski definition) is 6. The Morgan fingerprint density at radius 2 is 1.91 bits per heavy atom. The monoisotopic (exact) mass is 338 g/mol. The molecule has 1 unspecified atom stereocenters. The minimum absolute atomic E-state index is 0.00991. The van der Waals surface area contributed by atoms with E-state index in [1.807, 2.05) is 0 Å². The van der Waals surface area contributed by atoms with Gasteiger partial charge in [0.05, 0.1) is 11.5 Å². The van der Waals surface area contributed by atoms with Crippen LogP contribution in [0.2, 0.25) is 0 Å². The van der Waals surface area contributed by atoms with Gasteiger partial charge in [0.25, 0.3) is 5.91 Å². The van der Waals surface area contributed by atoms with E-state index >= 15 is 0 Å². The van der Waals surface area contributed by atoms with Crippen molar-refractivity contribution in [2.75, 3.05) is 16.8 Å². The van der Waals surface area contributed by atoms with E-state index in [0.717, 1.165) is 12.8 Å². The largest absolute Gasteiger partial charge is 0.367 e. The summed E-state index contributed by atoms with van der Waals surface area (Å²) < 4.78 is 22.9. The van der Waals surface area contributed by atoms with Gasteiger partial charge < -0.3 is 10.6 Å². The Balaban J connectivity index is 1.68. The van der Waals surface area contributed by atoms with Gasteiger partial charge in [-0.15, -0.1) is 0 Å². The van der Waals surface area contributed by atoms with Crippen LogP contribution in [0.4, 0.5) is 5.82 Å². The second-order valence-corrected chi connectivity index (χ2v) is 8.61. The Hall–Kier alpha value is -1.70. The van der Waals surface area contributed by atoms with Crippen molar-refractivity contribution in [3.63, 3.8) is 0 Å². The van der Waals surface area contributed by atoms with Crippen molar-refractivity contribution in [2.45, 2.75) is 51.1 Å². The van der Waals surface area contributed by atoms with Gasteiger partial charge in [-0.25, -0.2) is 18.4 Å². The minimum Gasteiger partial charge on any atom is -0.367 e. The summed E-state index contributed by atoms with van der Waals surface area (Å²) in [6.45, 7) is 1.75. The fraction of sp³-hybridized carbons (Fsp3) is 0.667. The molecule has 7 nitrogen and oxygen atoms in total. The van der Waals surface area contributed by atoms with Crippen molar-refractivity contribution in [3.05, 3.63) is 17.6 Å². The van der Waals surface area contributed by atoms with E-state index < -0.39 is 9.84 Å². The number of nitrogens with zero attached hydrogens (tertiary/aromatic N) is 2. The summed E-state index contributed by atoms with van der Waals surface area (Å²) >= 11 is 0. The summed E-state index contributed by atoms with van der Waals surface area (Å²) in [5.41, 5.74) is 0.280. The van der Waals surface area contributed by atoms with Gasteiger partial charge in [-0.1, -0.05) is 12.8 Å². The van der Waals surface area contributed by atoms with Crippen molar-refractivity contribution in [3.8, 4) is 0 Å². The third-order valence-electron chi connectivity index (χ3n) is 4.35. The highest BCUT2D eigenvalue weighted by molar-refractivity contribution is 7.91. The van der Waals surface area contributed by atoms with Crippen LogP contribution < -0.4 is 10.6 Å². The van der Waals surface area contributed by atoms with Crippen molar-refractivity contribution >= 4 is 21.6 Å². The number of anilines is 1. The zero-order valence-electron chi connectivity index (χ0n) is 13.2. The van der Waals surface area contributed by atoms with Crippen LogP contribution in [0.3, 0.4) is 0 Å². The number of carbonyl (C=O) groups is 1. The average Bonchev–Trinajstić information content (AvgIpc) is 3.08. The molecule has 0 spiro atoms. The molecule has 8 heteroatoms. The maximum atomic E-state index is 12.3. The number of aromatic nitrogens is 2. The smallest absolute Gasteiger partial charge is 0.270 e. The molecule has 1 amide bonds. The van der Waals surface area contributed by atoms with E-state index in [0.29, 0.717) is 24.1 Å². The lowest BCUT2D eigenvalue weighted by Crippen LogP contribution is -2.36. The Kier molecular flexibility index (Phi) is 4.52. The summed E-state index contributed by atoms with van der Waals surface area (Å²) in [4.78, 5) is 20.8. The lowest BCUT2D eigenvalue weighted by molar-refractivity contribution is 0.0935. The van der Waals surface area contributed by atoms with Gasteiger partial charge in [-0.05, 0) is 26.2 Å². The minimum atomic E-state index is -3.02. The first kappa shape index (κ1) is 16.2. The van der Waals surface area contributed by atoms with Crippen LogP contribution in [0, 0.1) is 6.92 Å². The third-order valence-corrected chi connectivity index (χ3v) is 6.11. The van der Waals surface area contributed by atoms with Crippen LogP contribution in [0.5, 0.6) is 0 Å². The van der Waals surface area contributed by atoms with Crippen molar-refractivity contribution in [1.29, 1.82) is 0 Å². The molecule has 1 aromatic heterocycles. The number of sulfone groups is 1. The molecule has 1 saturated heterocycles. The van der Waals surface area contributed by atoms with Gasteiger partial charge in [0.15, 0.2) is 9.84 Å². The summed E-state index contributed by atoms with van der Waals surface area (Å²) in [5, 5.41) is 6.12. The van der Waals surface area contributed by atoms with Crippen LogP contribution in [-0.4, -0.2) is 47.9 Å². The van der Waals surface area contributed by atoms with Gasteiger partial charge in [0.1, 0.15) is 17.3 Å². The predicted molar refractivity (Wildman–Crippen MR) is 87.2 cm³/mol. The molecule has 3 rings (SSSR count). The fourth-order valence-corrected chi connectivity index (χ4v) is 4.88. The molecule has 1 atom stereocenters. The first-order valence-electron chi connectivity index (χ1n) is 8.05. The molecule has 1 aromatic rings. The fourth-order valence-electron chi connectivity index (χ4n) is 3.21. The molecule has 2 heterocycles. The topological polar surface area (TPSA) is 101 Å². The zero-order chi connectivity index (χ0) is 16.4. The summed E-state index contributed by atoms with van der Waals surface area (Å²) in [7, 11) is -3.02. The number of hydrogen-bond donors (Lipinski definition) is 2. The van der Waals surface area contributed by atoms with Gasteiger partial charge >= 0.3 is 0 Å². The zero-order valence-corrected chi connectivity index (χ0v) is 14.0. The first-order chi connectivity index (χ1) is 10.9. The van der Waals surface area contributed by atoms with Crippen LogP contribution in [0.1, 0.15) is 48.4 Å². The molecular weight excluding hydrogens is 316 g/mol. The number of carbonyl (C=O) groups excluding carboxylic acids is 1. The van der Waals surface area contributed by atoms with Crippen molar-refractivity contribution in [1.82, 2.24) is 15.3 Å². The normalized spacial score (nSPS) is 23.8. The van der Waals surface area contributed by atoms with Crippen LogP contribution in [0.25, 0.3) is 0 Å². The molecule has 0 aromatic carbocycles. The van der Waals surface area contributed by atoms with Gasteiger partial charge in [0, 0.05) is 18.2 Å². The maximum Gasteiger partial charge on any atom is 0.270 e. The highest BCUT2D eigenvalue weighted by atomic mass is 32.2. The maximum absolute atomic E-state index is 12.3. The summed E-state index contributed by atoms with van der Waals surface area (Å²) in [6.07, 6.45) is 5.12. The quantitative estimate of drug-likeness (QED) is 0.851.